The van der Waals surface area contributed by atoms with Crippen LogP contribution in [-0.4, -0.2) is 17.2 Å². The topological polar surface area (TPSA) is 40.5 Å². The van der Waals surface area contributed by atoms with Gasteiger partial charge in [-0.1, -0.05) is 42.2 Å². The number of hydrogen-bond acceptors (Lipinski definition) is 2. The Kier molecular flexibility index (Phi) is 3.72. The third kappa shape index (κ3) is 2.81. The van der Waals surface area contributed by atoms with Gasteiger partial charge in [-0.25, -0.2) is 0 Å². The average molecular weight is 277 g/mol. The van der Waals surface area contributed by atoms with Crippen molar-refractivity contribution in [3.05, 3.63) is 65.7 Å². The quantitative estimate of drug-likeness (QED) is 0.814. The molecule has 1 saturated heterocycles. The number of amides is 1. The molecule has 0 aromatic heterocycles. The molecule has 0 aliphatic carbocycles. The molecule has 2 aromatic rings. The fourth-order valence-corrected chi connectivity index (χ4v) is 2.41. The molecule has 3 rings (SSSR count). The Morgan fingerprint density at radius 1 is 1.00 bits per heavy atom. The molecule has 1 amide bonds. The molecule has 0 bridgehead atoms. The molecular formula is C18H15NO2. The van der Waals surface area contributed by atoms with E-state index in [1.165, 1.54) is 4.90 Å². The van der Waals surface area contributed by atoms with E-state index in [1.54, 1.807) is 0 Å². The summed E-state index contributed by atoms with van der Waals surface area (Å²) in [6.07, 6.45) is 0.0955. The van der Waals surface area contributed by atoms with Gasteiger partial charge in [-0.15, -0.1) is 0 Å². The van der Waals surface area contributed by atoms with E-state index in [4.69, 9.17) is 0 Å². The second-order valence-corrected chi connectivity index (χ2v) is 4.92. The lowest BCUT2D eigenvalue weighted by atomic mass is 10.1. The Hall–Kier alpha value is -2.57. The number of rotatable bonds is 1. The molecule has 1 aliphatic rings. The summed E-state index contributed by atoms with van der Waals surface area (Å²) in [5, 5.41) is 9.98. The van der Waals surface area contributed by atoms with Crippen LogP contribution in [0.2, 0.25) is 0 Å². The summed E-state index contributed by atoms with van der Waals surface area (Å²) in [5.74, 6) is 6.12. The molecule has 0 spiro atoms. The van der Waals surface area contributed by atoms with Gasteiger partial charge in [0.1, 0.15) is 6.23 Å². The lowest BCUT2D eigenvalue weighted by molar-refractivity contribution is -0.117. The van der Waals surface area contributed by atoms with Gasteiger partial charge in [0, 0.05) is 24.0 Å². The number of nitrogens with zero attached hydrogens (tertiary/aromatic N) is 1. The fourth-order valence-electron chi connectivity index (χ4n) is 2.41. The fraction of sp³-hybridized carbons (Fsp3) is 0.167. The first-order valence-electron chi connectivity index (χ1n) is 6.92. The minimum atomic E-state index is -0.753. The largest absolute Gasteiger partial charge is 0.373 e. The van der Waals surface area contributed by atoms with Crippen molar-refractivity contribution in [1.82, 2.24) is 0 Å². The van der Waals surface area contributed by atoms with Crippen molar-refractivity contribution in [3.8, 4) is 11.8 Å². The van der Waals surface area contributed by atoms with Crippen molar-refractivity contribution in [1.29, 1.82) is 0 Å². The molecule has 1 heterocycles. The van der Waals surface area contributed by atoms with Crippen molar-refractivity contribution < 1.29 is 9.90 Å². The molecule has 3 heteroatoms. The lowest BCUT2D eigenvalue weighted by Gasteiger charge is -2.21. The minimum Gasteiger partial charge on any atom is -0.373 e. The number of aliphatic hydroxyl groups is 1. The number of hydrogen-bond donors (Lipinski definition) is 1. The van der Waals surface area contributed by atoms with Crippen LogP contribution < -0.4 is 4.90 Å². The van der Waals surface area contributed by atoms with E-state index < -0.39 is 6.23 Å². The molecule has 1 atom stereocenters. The van der Waals surface area contributed by atoms with Crippen LogP contribution in [0.25, 0.3) is 0 Å². The summed E-state index contributed by atoms with van der Waals surface area (Å²) in [7, 11) is 0. The van der Waals surface area contributed by atoms with Crippen LogP contribution in [0.3, 0.4) is 0 Å². The minimum absolute atomic E-state index is 0.0588. The molecule has 0 radical (unpaired) electrons. The van der Waals surface area contributed by atoms with Crippen LogP contribution in [-0.2, 0) is 4.79 Å². The maximum Gasteiger partial charge on any atom is 0.229 e. The Bertz CT molecular complexity index is 713. The number of anilines is 1. The van der Waals surface area contributed by atoms with Gasteiger partial charge in [-0.05, 0) is 24.3 Å². The van der Waals surface area contributed by atoms with Crippen LogP contribution >= 0.6 is 0 Å². The van der Waals surface area contributed by atoms with E-state index in [9.17, 15) is 9.90 Å². The first-order valence-corrected chi connectivity index (χ1v) is 6.92. The number of carbonyl (C=O) groups is 1. The van der Waals surface area contributed by atoms with Gasteiger partial charge in [0.25, 0.3) is 0 Å². The number of carbonyl (C=O) groups excluding carboxylic acids is 1. The Morgan fingerprint density at radius 3 is 2.43 bits per heavy atom. The summed E-state index contributed by atoms with van der Waals surface area (Å²) < 4.78 is 0. The van der Waals surface area contributed by atoms with Gasteiger partial charge < -0.3 is 5.11 Å². The molecule has 1 aliphatic heterocycles. The van der Waals surface area contributed by atoms with Crippen LogP contribution in [0.5, 0.6) is 0 Å². The summed E-state index contributed by atoms with van der Waals surface area (Å²) in [4.78, 5) is 13.4. The smallest absolute Gasteiger partial charge is 0.229 e. The molecule has 1 fully saturated rings. The van der Waals surface area contributed by atoms with Gasteiger partial charge in [-0.3, -0.25) is 9.69 Å². The molecule has 1 unspecified atom stereocenters. The monoisotopic (exact) mass is 277 g/mol. The first kappa shape index (κ1) is 13.4. The normalized spacial score (nSPS) is 17.5. The van der Waals surface area contributed by atoms with Crippen molar-refractivity contribution >= 4 is 11.6 Å². The lowest BCUT2D eigenvalue weighted by Crippen LogP contribution is -2.33. The van der Waals surface area contributed by atoms with Gasteiger partial charge in [0.15, 0.2) is 0 Å². The molecular weight excluding hydrogens is 262 g/mol. The van der Waals surface area contributed by atoms with Crippen LogP contribution in [0, 0.1) is 11.8 Å². The van der Waals surface area contributed by atoms with Crippen LogP contribution in [0.15, 0.2) is 54.6 Å². The highest BCUT2D eigenvalue weighted by atomic mass is 16.3. The van der Waals surface area contributed by atoms with E-state index >= 15 is 0 Å². The first-order chi connectivity index (χ1) is 10.3. The highest BCUT2D eigenvalue weighted by Crippen LogP contribution is 2.28. The number of benzene rings is 2. The summed E-state index contributed by atoms with van der Waals surface area (Å²) in [6.45, 7) is 0. The Labute approximate surface area is 123 Å². The number of para-hydroxylation sites is 1. The Balaban J connectivity index is 1.98. The Morgan fingerprint density at radius 2 is 1.71 bits per heavy atom. The molecule has 1 N–H and O–H groups in total. The molecule has 21 heavy (non-hydrogen) atoms. The third-order valence-electron chi connectivity index (χ3n) is 3.46. The van der Waals surface area contributed by atoms with Gasteiger partial charge in [0.05, 0.1) is 5.69 Å². The highest BCUT2D eigenvalue weighted by molar-refractivity contribution is 5.97. The van der Waals surface area contributed by atoms with Crippen molar-refractivity contribution in [2.45, 2.75) is 19.1 Å². The summed E-state index contributed by atoms with van der Waals surface area (Å²) in [5.41, 5.74) is 2.34. The van der Waals surface area contributed by atoms with Gasteiger partial charge >= 0.3 is 0 Å². The zero-order chi connectivity index (χ0) is 14.7. The summed E-state index contributed by atoms with van der Waals surface area (Å²) >= 11 is 0. The number of aliphatic hydroxyl groups excluding tert-OH is 1. The van der Waals surface area contributed by atoms with E-state index in [2.05, 4.69) is 11.8 Å². The second-order valence-electron chi connectivity index (χ2n) is 4.92. The van der Waals surface area contributed by atoms with E-state index in [0.717, 1.165) is 11.1 Å². The maximum absolute atomic E-state index is 11.9. The van der Waals surface area contributed by atoms with Crippen molar-refractivity contribution in [3.63, 3.8) is 0 Å². The van der Waals surface area contributed by atoms with Crippen LogP contribution in [0.4, 0.5) is 5.69 Å². The molecule has 3 nitrogen and oxygen atoms in total. The third-order valence-corrected chi connectivity index (χ3v) is 3.46. The predicted octanol–water partition coefficient (Wildman–Crippen LogP) is 2.53. The van der Waals surface area contributed by atoms with Gasteiger partial charge in [-0.2, -0.15) is 0 Å². The van der Waals surface area contributed by atoms with Crippen molar-refractivity contribution in [2.75, 3.05) is 4.90 Å². The van der Waals surface area contributed by atoms with E-state index in [1.807, 2.05) is 54.6 Å². The summed E-state index contributed by atoms with van der Waals surface area (Å²) in [6, 6.07) is 17.1. The average Bonchev–Trinajstić information content (AvgIpc) is 2.85. The standard InChI is InChI=1S/C18H15NO2/c20-17-12-13-18(21)19(17)16-9-5-4-8-15(16)11-10-14-6-2-1-3-7-14/h1-9,17,20H,12-13H2. The molecule has 0 saturated carbocycles. The second kappa shape index (κ2) is 5.82. The van der Waals surface area contributed by atoms with Gasteiger partial charge in [0.2, 0.25) is 5.91 Å². The predicted molar refractivity (Wildman–Crippen MR) is 81.6 cm³/mol. The highest BCUT2D eigenvalue weighted by Gasteiger charge is 2.31. The zero-order valence-electron chi connectivity index (χ0n) is 11.5. The van der Waals surface area contributed by atoms with Crippen molar-refractivity contribution in [2.24, 2.45) is 0 Å². The van der Waals surface area contributed by atoms with E-state index in [0.29, 0.717) is 18.5 Å². The zero-order valence-corrected chi connectivity index (χ0v) is 11.5. The van der Waals surface area contributed by atoms with E-state index in [-0.39, 0.29) is 5.91 Å². The SMILES string of the molecule is O=C1CCC(O)N1c1ccccc1C#Cc1ccccc1. The molecule has 2 aromatic carbocycles. The molecule has 104 valence electrons. The van der Waals surface area contributed by atoms with Crippen LogP contribution in [0.1, 0.15) is 24.0 Å². The maximum atomic E-state index is 11.9.